The Labute approximate surface area is 49.8 Å². The van der Waals surface area contributed by atoms with Crippen LogP contribution < -0.4 is 5.32 Å². The summed E-state index contributed by atoms with van der Waals surface area (Å²) in [6, 6.07) is 1.88. The summed E-state index contributed by atoms with van der Waals surface area (Å²) in [5, 5.41) is 10.9. The fourth-order valence-electron chi connectivity index (χ4n) is 0.324. The van der Waals surface area contributed by atoms with Gasteiger partial charge >= 0.3 is 0 Å². The van der Waals surface area contributed by atoms with Crippen molar-refractivity contribution in [2.24, 2.45) is 0 Å². The standard InChI is InChI=1S/C6H10N2/c1-2-5-8-6-3-4-7/h3,6,8H,2,5H2,1H3/b6-3+. The number of nitriles is 1. The molecule has 0 bridgehead atoms. The summed E-state index contributed by atoms with van der Waals surface area (Å²) in [5.41, 5.74) is 0. The third kappa shape index (κ3) is 5.03. The fourth-order valence-corrected chi connectivity index (χ4v) is 0.324. The smallest absolute Gasteiger partial charge is 0.0927 e. The molecule has 0 rings (SSSR count). The van der Waals surface area contributed by atoms with Crippen LogP contribution >= 0.6 is 0 Å². The summed E-state index contributed by atoms with van der Waals surface area (Å²) >= 11 is 0. The first-order chi connectivity index (χ1) is 3.91. The van der Waals surface area contributed by atoms with Gasteiger partial charge in [-0.2, -0.15) is 5.26 Å². The maximum Gasteiger partial charge on any atom is 0.0927 e. The second-order valence-corrected chi connectivity index (χ2v) is 1.42. The monoisotopic (exact) mass is 110 g/mol. The molecule has 44 valence electrons. The Morgan fingerprint density at radius 1 is 1.75 bits per heavy atom. The van der Waals surface area contributed by atoms with Crippen molar-refractivity contribution in [2.75, 3.05) is 6.54 Å². The molecule has 2 nitrogen and oxygen atoms in total. The normalized spacial score (nSPS) is 9.00. The van der Waals surface area contributed by atoms with Crippen LogP contribution in [-0.2, 0) is 0 Å². The quantitative estimate of drug-likeness (QED) is 0.435. The van der Waals surface area contributed by atoms with E-state index >= 15 is 0 Å². The first-order valence-electron chi connectivity index (χ1n) is 2.69. The highest BCUT2D eigenvalue weighted by atomic mass is 14.8. The molecule has 0 unspecified atom stereocenters. The summed E-state index contributed by atoms with van der Waals surface area (Å²) < 4.78 is 0. The summed E-state index contributed by atoms with van der Waals surface area (Å²) in [6.07, 6.45) is 4.18. The molecule has 1 N–H and O–H groups in total. The van der Waals surface area contributed by atoms with E-state index < -0.39 is 0 Å². The van der Waals surface area contributed by atoms with Crippen molar-refractivity contribution in [1.82, 2.24) is 5.32 Å². The maximum absolute atomic E-state index is 7.99. The van der Waals surface area contributed by atoms with Crippen LogP contribution in [0.15, 0.2) is 12.3 Å². The van der Waals surface area contributed by atoms with E-state index in [2.05, 4.69) is 12.2 Å². The topological polar surface area (TPSA) is 35.8 Å². The van der Waals surface area contributed by atoms with Crippen LogP contribution in [0, 0.1) is 11.3 Å². The van der Waals surface area contributed by atoms with Crippen LogP contribution in [0.1, 0.15) is 13.3 Å². The van der Waals surface area contributed by atoms with Gasteiger partial charge in [-0.3, -0.25) is 0 Å². The average Bonchev–Trinajstić information content (AvgIpc) is 1.81. The lowest BCUT2D eigenvalue weighted by Crippen LogP contribution is -2.04. The lowest BCUT2D eigenvalue weighted by molar-refractivity contribution is 0.809. The van der Waals surface area contributed by atoms with Crippen molar-refractivity contribution < 1.29 is 0 Å². The van der Waals surface area contributed by atoms with Crippen LogP contribution in [0.4, 0.5) is 0 Å². The molecule has 8 heavy (non-hydrogen) atoms. The van der Waals surface area contributed by atoms with Gasteiger partial charge in [0.1, 0.15) is 0 Å². The van der Waals surface area contributed by atoms with Gasteiger partial charge < -0.3 is 5.32 Å². The Morgan fingerprint density at radius 2 is 2.50 bits per heavy atom. The Morgan fingerprint density at radius 3 is 3.00 bits per heavy atom. The minimum Gasteiger partial charge on any atom is -0.390 e. The van der Waals surface area contributed by atoms with E-state index in [1.807, 2.05) is 6.07 Å². The second-order valence-electron chi connectivity index (χ2n) is 1.42. The van der Waals surface area contributed by atoms with E-state index in [0.29, 0.717) is 0 Å². The molecule has 0 aliphatic carbocycles. The zero-order chi connectivity index (χ0) is 6.24. The van der Waals surface area contributed by atoms with Crippen LogP contribution in [-0.4, -0.2) is 6.54 Å². The molecular weight excluding hydrogens is 100 g/mol. The van der Waals surface area contributed by atoms with E-state index in [9.17, 15) is 0 Å². The molecule has 2 heteroatoms. The molecule has 0 amide bonds. The molecule has 0 spiro atoms. The Balaban J connectivity index is 2.94. The third-order valence-electron chi connectivity index (χ3n) is 0.670. The number of hydrogen-bond acceptors (Lipinski definition) is 2. The summed E-state index contributed by atoms with van der Waals surface area (Å²) in [5.74, 6) is 0. The van der Waals surface area contributed by atoms with Crippen molar-refractivity contribution in [1.29, 1.82) is 5.26 Å². The lowest BCUT2D eigenvalue weighted by Gasteiger charge is -1.90. The number of nitrogens with zero attached hydrogens (tertiary/aromatic N) is 1. The molecule has 0 aliphatic heterocycles. The zero-order valence-corrected chi connectivity index (χ0v) is 5.02. The molecule has 0 aromatic rings. The summed E-state index contributed by atoms with van der Waals surface area (Å²) in [6.45, 7) is 3.02. The van der Waals surface area contributed by atoms with Crippen molar-refractivity contribution in [2.45, 2.75) is 13.3 Å². The molecule has 0 saturated heterocycles. The molecule has 0 radical (unpaired) electrons. The first kappa shape index (κ1) is 7.03. The molecule has 0 saturated carbocycles. The van der Waals surface area contributed by atoms with Gasteiger partial charge in [-0.1, -0.05) is 6.92 Å². The third-order valence-corrected chi connectivity index (χ3v) is 0.670. The molecule has 0 aromatic heterocycles. The van der Waals surface area contributed by atoms with Gasteiger partial charge in [-0.15, -0.1) is 0 Å². The largest absolute Gasteiger partial charge is 0.390 e. The molecule has 0 aromatic carbocycles. The SMILES string of the molecule is CCCN/C=C/C#N. The van der Waals surface area contributed by atoms with Gasteiger partial charge in [0.2, 0.25) is 0 Å². The van der Waals surface area contributed by atoms with E-state index in [4.69, 9.17) is 5.26 Å². The van der Waals surface area contributed by atoms with E-state index in [-0.39, 0.29) is 0 Å². The van der Waals surface area contributed by atoms with Crippen LogP contribution in [0.3, 0.4) is 0 Å². The number of nitrogens with one attached hydrogen (secondary N) is 1. The van der Waals surface area contributed by atoms with Gasteiger partial charge in [0, 0.05) is 18.8 Å². The highest BCUT2D eigenvalue weighted by molar-refractivity contribution is 4.99. The molecule has 0 atom stereocenters. The van der Waals surface area contributed by atoms with E-state index in [1.54, 1.807) is 6.20 Å². The average molecular weight is 110 g/mol. The number of hydrogen-bond donors (Lipinski definition) is 1. The Hall–Kier alpha value is -0.970. The van der Waals surface area contributed by atoms with Crippen molar-refractivity contribution in [3.8, 4) is 6.07 Å². The summed E-state index contributed by atoms with van der Waals surface area (Å²) in [4.78, 5) is 0. The lowest BCUT2D eigenvalue weighted by atomic mass is 10.5. The van der Waals surface area contributed by atoms with Gasteiger partial charge in [-0.05, 0) is 6.42 Å². The molecule has 0 fully saturated rings. The van der Waals surface area contributed by atoms with Crippen molar-refractivity contribution in [3.05, 3.63) is 12.3 Å². The minimum atomic E-state index is 0.943. The van der Waals surface area contributed by atoms with Crippen LogP contribution in [0.2, 0.25) is 0 Å². The molecule has 0 aliphatic rings. The van der Waals surface area contributed by atoms with Crippen molar-refractivity contribution >= 4 is 0 Å². The van der Waals surface area contributed by atoms with Gasteiger partial charge in [-0.25, -0.2) is 0 Å². The van der Waals surface area contributed by atoms with Gasteiger partial charge in [0.05, 0.1) is 6.07 Å². The van der Waals surface area contributed by atoms with Crippen molar-refractivity contribution in [3.63, 3.8) is 0 Å². The Bertz CT molecular complexity index is 99.6. The number of rotatable bonds is 3. The second kappa shape index (κ2) is 6.03. The van der Waals surface area contributed by atoms with Crippen LogP contribution in [0.5, 0.6) is 0 Å². The van der Waals surface area contributed by atoms with E-state index in [0.717, 1.165) is 13.0 Å². The molecule has 0 heterocycles. The summed E-state index contributed by atoms with van der Waals surface area (Å²) in [7, 11) is 0. The maximum atomic E-state index is 7.99. The van der Waals surface area contributed by atoms with Gasteiger partial charge in [0.15, 0.2) is 0 Å². The molecular formula is C6H10N2. The van der Waals surface area contributed by atoms with Gasteiger partial charge in [0.25, 0.3) is 0 Å². The predicted octanol–water partition coefficient (Wildman–Crippen LogP) is 1.02. The van der Waals surface area contributed by atoms with E-state index in [1.165, 1.54) is 6.08 Å². The fraction of sp³-hybridized carbons (Fsp3) is 0.500. The number of allylic oxidation sites excluding steroid dienone is 1. The highest BCUT2D eigenvalue weighted by Crippen LogP contribution is 1.68. The Kier molecular flexibility index (Phi) is 5.30. The zero-order valence-electron chi connectivity index (χ0n) is 5.02. The highest BCUT2D eigenvalue weighted by Gasteiger charge is 1.70. The minimum absolute atomic E-state index is 0.943. The van der Waals surface area contributed by atoms with Crippen LogP contribution in [0.25, 0.3) is 0 Å². The predicted molar refractivity (Wildman–Crippen MR) is 33.0 cm³/mol. The first-order valence-corrected chi connectivity index (χ1v) is 2.69.